The molecule has 0 saturated carbocycles. The van der Waals surface area contributed by atoms with Gasteiger partial charge in [0.25, 0.3) is 0 Å². The third kappa shape index (κ3) is 3.59. The minimum absolute atomic E-state index is 0.0654. The molecular formula is C19H34N2O2. The zero-order valence-corrected chi connectivity index (χ0v) is 16.4. The number of ketones is 1. The zero-order valence-electron chi connectivity index (χ0n) is 16.4. The fourth-order valence-corrected chi connectivity index (χ4v) is 3.68. The normalized spacial score (nSPS) is 22.5. The number of nitrogens with zero attached hydrogens (tertiary/aromatic N) is 2. The molecule has 0 aromatic carbocycles. The van der Waals surface area contributed by atoms with Crippen LogP contribution < -0.4 is 0 Å². The Morgan fingerprint density at radius 3 is 2.22 bits per heavy atom. The van der Waals surface area contributed by atoms with Gasteiger partial charge in [-0.15, -0.1) is 0 Å². The maximum absolute atomic E-state index is 12.9. The first-order valence-corrected chi connectivity index (χ1v) is 8.34. The summed E-state index contributed by atoms with van der Waals surface area (Å²) in [5.74, 6) is -0.532. The van der Waals surface area contributed by atoms with Crippen LogP contribution in [0.4, 0.5) is 0 Å². The van der Waals surface area contributed by atoms with E-state index in [1.165, 1.54) is 17.6 Å². The minimum Gasteiger partial charge on any atom is -0.344 e. The van der Waals surface area contributed by atoms with Crippen LogP contribution in [0, 0.1) is 11.3 Å². The summed E-state index contributed by atoms with van der Waals surface area (Å²) in [5, 5.41) is 0. The molecule has 0 bridgehead atoms. The van der Waals surface area contributed by atoms with Crippen molar-refractivity contribution in [2.45, 2.75) is 46.4 Å². The molecule has 0 fully saturated rings. The third-order valence-corrected chi connectivity index (χ3v) is 5.56. The molecular weight excluding hydrogens is 288 g/mol. The first kappa shape index (κ1) is 20.1. The molecule has 4 nitrogen and oxygen atoms in total. The Labute approximate surface area is 142 Å². The van der Waals surface area contributed by atoms with E-state index in [4.69, 9.17) is 4.74 Å². The van der Waals surface area contributed by atoms with Gasteiger partial charge in [0.1, 0.15) is 0 Å². The summed E-state index contributed by atoms with van der Waals surface area (Å²) in [6, 6.07) is 0. The average molecular weight is 322 g/mol. The number of hydrogen-bond acceptors (Lipinski definition) is 4. The lowest BCUT2D eigenvalue weighted by molar-refractivity contribution is -0.200. The SMILES string of the molecule is COC(C(=O)/C=C/C1=C(C)CC[C@H](C)C1(C)C)(N(C)C)N(C)C. The molecule has 0 radical (unpaired) electrons. The lowest BCUT2D eigenvalue weighted by Crippen LogP contribution is -2.61. The maximum Gasteiger partial charge on any atom is 0.244 e. The van der Waals surface area contributed by atoms with Crippen molar-refractivity contribution in [1.29, 1.82) is 0 Å². The second kappa shape index (κ2) is 7.29. The Morgan fingerprint density at radius 2 is 1.78 bits per heavy atom. The summed E-state index contributed by atoms with van der Waals surface area (Å²) >= 11 is 0. The largest absolute Gasteiger partial charge is 0.344 e. The molecule has 1 aliphatic rings. The monoisotopic (exact) mass is 322 g/mol. The van der Waals surface area contributed by atoms with Gasteiger partial charge in [-0.2, -0.15) is 0 Å². The highest BCUT2D eigenvalue weighted by molar-refractivity contribution is 5.96. The van der Waals surface area contributed by atoms with Crippen molar-refractivity contribution in [3.63, 3.8) is 0 Å². The summed E-state index contributed by atoms with van der Waals surface area (Å²) in [7, 11) is 8.99. The number of ether oxygens (including phenoxy) is 1. The number of carbonyl (C=O) groups excluding carboxylic acids is 1. The number of likely N-dealkylation sites (N-methyl/N-ethyl adjacent to an activating group) is 2. The van der Waals surface area contributed by atoms with Crippen molar-refractivity contribution in [2.24, 2.45) is 11.3 Å². The molecule has 0 aliphatic heterocycles. The fraction of sp³-hybridized carbons (Fsp3) is 0.737. The molecule has 4 heteroatoms. The second-order valence-corrected chi connectivity index (χ2v) is 7.65. The van der Waals surface area contributed by atoms with Crippen LogP contribution in [0.2, 0.25) is 0 Å². The van der Waals surface area contributed by atoms with Gasteiger partial charge in [0.05, 0.1) is 0 Å². The molecule has 132 valence electrons. The first-order valence-electron chi connectivity index (χ1n) is 8.34. The Hall–Kier alpha value is -0.970. The Kier molecular flexibility index (Phi) is 6.36. The summed E-state index contributed by atoms with van der Waals surface area (Å²) < 4.78 is 5.60. The third-order valence-electron chi connectivity index (χ3n) is 5.56. The number of allylic oxidation sites excluding steroid dienone is 3. The highest BCUT2D eigenvalue weighted by atomic mass is 16.5. The molecule has 0 aromatic rings. The lowest BCUT2D eigenvalue weighted by atomic mass is 9.66. The lowest BCUT2D eigenvalue weighted by Gasteiger charge is -2.41. The molecule has 0 heterocycles. The topological polar surface area (TPSA) is 32.8 Å². The van der Waals surface area contributed by atoms with E-state index in [0.717, 1.165) is 6.42 Å². The summed E-state index contributed by atoms with van der Waals surface area (Å²) in [6.45, 7) is 9.01. The Morgan fingerprint density at radius 1 is 1.26 bits per heavy atom. The number of methoxy groups -OCH3 is 1. The second-order valence-electron chi connectivity index (χ2n) is 7.65. The molecule has 1 atom stereocenters. The smallest absolute Gasteiger partial charge is 0.244 e. The van der Waals surface area contributed by atoms with Crippen LogP contribution in [0.1, 0.15) is 40.5 Å². The van der Waals surface area contributed by atoms with E-state index in [1.807, 2.05) is 34.3 Å². The van der Waals surface area contributed by atoms with Crippen LogP contribution in [0.5, 0.6) is 0 Å². The van der Waals surface area contributed by atoms with Crippen molar-refractivity contribution in [2.75, 3.05) is 35.3 Å². The van der Waals surface area contributed by atoms with Crippen LogP contribution in [0.15, 0.2) is 23.3 Å². The molecule has 0 N–H and O–H groups in total. The van der Waals surface area contributed by atoms with Gasteiger partial charge < -0.3 is 4.74 Å². The van der Waals surface area contributed by atoms with E-state index in [9.17, 15) is 4.79 Å². The minimum atomic E-state index is -1.07. The van der Waals surface area contributed by atoms with Crippen LogP contribution in [-0.2, 0) is 9.53 Å². The molecule has 1 aliphatic carbocycles. The van der Waals surface area contributed by atoms with Crippen molar-refractivity contribution in [3.8, 4) is 0 Å². The van der Waals surface area contributed by atoms with E-state index in [-0.39, 0.29) is 11.2 Å². The maximum atomic E-state index is 12.9. The fourth-order valence-electron chi connectivity index (χ4n) is 3.68. The van der Waals surface area contributed by atoms with Gasteiger partial charge in [-0.3, -0.25) is 14.6 Å². The van der Waals surface area contributed by atoms with E-state index in [1.54, 1.807) is 23.0 Å². The van der Waals surface area contributed by atoms with Gasteiger partial charge in [0.15, 0.2) is 0 Å². The van der Waals surface area contributed by atoms with Crippen LogP contribution >= 0.6 is 0 Å². The van der Waals surface area contributed by atoms with Gasteiger partial charge >= 0.3 is 0 Å². The first-order chi connectivity index (χ1) is 10.5. The standard InChI is InChI=1S/C19H34N2O2/c1-14-10-11-15(2)18(3,4)16(14)12-13-17(22)19(23-9,20(5)6)21(7)8/h12-13,15H,10-11H2,1-9H3/b13-12+/t15-/m0/s1. The molecule has 0 aromatic heterocycles. The Bertz CT molecular complexity index is 493. The highest BCUT2D eigenvalue weighted by Crippen LogP contribution is 2.44. The zero-order chi connectivity index (χ0) is 18.0. The van der Waals surface area contributed by atoms with Crippen LogP contribution in [-0.4, -0.2) is 56.7 Å². The van der Waals surface area contributed by atoms with Gasteiger partial charge in [-0.25, -0.2) is 0 Å². The summed E-state index contributed by atoms with van der Waals surface area (Å²) in [5.41, 5.74) is 2.76. The van der Waals surface area contributed by atoms with E-state index < -0.39 is 5.85 Å². The number of carbonyl (C=O) groups is 1. The predicted molar refractivity (Wildman–Crippen MR) is 96.1 cm³/mol. The highest BCUT2D eigenvalue weighted by Gasteiger charge is 2.42. The van der Waals surface area contributed by atoms with Gasteiger partial charge in [-0.1, -0.05) is 32.4 Å². The van der Waals surface area contributed by atoms with Gasteiger partial charge in [0.2, 0.25) is 11.6 Å². The van der Waals surface area contributed by atoms with Gasteiger partial charge in [0, 0.05) is 7.11 Å². The molecule has 0 amide bonds. The quantitative estimate of drug-likeness (QED) is 0.555. The van der Waals surface area contributed by atoms with Crippen LogP contribution in [0.25, 0.3) is 0 Å². The molecule has 0 spiro atoms. The van der Waals surface area contributed by atoms with Crippen molar-refractivity contribution in [3.05, 3.63) is 23.3 Å². The molecule has 0 saturated heterocycles. The number of rotatable bonds is 6. The number of hydrogen-bond donors (Lipinski definition) is 0. The van der Waals surface area contributed by atoms with E-state index in [2.05, 4.69) is 27.7 Å². The predicted octanol–water partition coefficient (Wildman–Crippen LogP) is 3.31. The molecule has 23 heavy (non-hydrogen) atoms. The van der Waals surface area contributed by atoms with Gasteiger partial charge in [-0.05, 0) is 70.9 Å². The van der Waals surface area contributed by atoms with Crippen molar-refractivity contribution >= 4 is 5.78 Å². The van der Waals surface area contributed by atoms with E-state index in [0.29, 0.717) is 5.92 Å². The van der Waals surface area contributed by atoms with Crippen molar-refractivity contribution < 1.29 is 9.53 Å². The summed E-state index contributed by atoms with van der Waals surface area (Å²) in [4.78, 5) is 16.5. The van der Waals surface area contributed by atoms with E-state index >= 15 is 0 Å². The van der Waals surface area contributed by atoms with Crippen molar-refractivity contribution in [1.82, 2.24) is 9.80 Å². The molecule has 1 rings (SSSR count). The molecule has 0 unspecified atom stereocenters. The van der Waals surface area contributed by atoms with Crippen LogP contribution in [0.3, 0.4) is 0 Å². The average Bonchev–Trinajstić information content (AvgIpc) is 2.43. The Balaban J connectivity index is 3.19. The summed E-state index contributed by atoms with van der Waals surface area (Å²) in [6.07, 6.45) is 6.01.